The molecule has 1 aliphatic rings. The Morgan fingerprint density at radius 2 is 1.11 bits per heavy atom. The summed E-state index contributed by atoms with van der Waals surface area (Å²) in [4.78, 5) is 35.4. The molecular weight excluding hydrogens is 790 g/mol. The first-order valence-corrected chi connectivity index (χ1v) is 24.9. The molecule has 61 heavy (non-hydrogen) atoms. The van der Waals surface area contributed by atoms with Crippen LogP contribution in [0.5, 0.6) is 0 Å². The van der Waals surface area contributed by atoms with Gasteiger partial charge in [-0.15, -0.1) is 0 Å². The molecule has 1 saturated heterocycles. The van der Waals surface area contributed by atoms with Crippen LogP contribution >= 0.6 is 7.82 Å². The third kappa shape index (κ3) is 38.5. The summed E-state index contributed by atoms with van der Waals surface area (Å²) in [5, 5.41) is 0. The number of epoxide rings is 1. The lowest BCUT2D eigenvalue weighted by atomic mass is 10.1. The van der Waals surface area contributed by atoms with Crippen molar-refractivity contribution in [2.45, 2.75) is 173 Å². The van der Waals surface area contributed by atoms with Gasteiger partial charge in [-0.1, -0.05) is 144 Å². The number of carbonyl (C=O) groups is 2. The molecule has 1 rings (SSSR count). The highest BCUT2D eigenvalue weighted by molar-refractivity contribution is 7.47. The van der Waals surface area contributed by atoms with E-state index in [1.165, 1.54) is 44.9 Å². The molecule has 11 heteroatoms. The lowest BCUT2D eigenvalue weighted by molar-refractivity contribution is -0.870. The van der Waals surface area contributed by atoms with Crippen molar-refractivity contribution in [3.63, 3.8) is 0 Å². The van der Waals surface area contributed by atoms with E-state index in [9.17, 15) is 19.0 Å². The maximum absolute atomic E-state index is 12.7. The monoisotopic (exact) mass is 875 g/mol. The van der Waals surface area contributed by atoms with Crippen LogP contribution in [0, 0.1) is 0 Å². The summed E-state index contributed by atoms with van der Waals surface area (Å²) in [7, 11) is 1.41. The Bertz CT molecular complexity index is 1380. The van der Waals surface area contributed by atoms with E-state index in [0.29, 0.717) is 36.1 Å². The fourth-order valence-corrected chi connectivity index (χ4v) is 6.79. The zero-order valence-electron chi connectivity index (χ0n) is 38.8. The van der Waals surface area contributed by atoms with Gasteiger partial charge in [-0.2, -0.15) is 0 Å². The van der Waals surface area contributed by atoms with Crippen LogP contribution in [0.25, 0.3) is 0 Å². The Hall–Kier alpha value is -2.85. The lowest BCUT2D eigenvalue weighted by Crippen LogP contribution is -2.37. The third-order valence-electron chi connectivity index (χ3n) is 9.83. The Morgan fingerprint density at radius 1 is 0.607 bits per heavy atom. The van der Waals surface area contributed by atoms with Gasteiger partial charge in [0.25, 0.3) is 0 Å². The van der Waals surface area contributed by atoms with Gasteiger partial charge < -0.3 is 23.6 Å². The number of likely N-dealkylation sites (N-methyl/N-ethyl adjacent to an activating group) is 1. The van der Waals surface area contributed by atoms with E-state index in [1.54, 1.807) is 0 Å². The Morgan fingerprint density at radius 3 is 1.69 bits per heavy atom. The van der Waals surface area contributed by atoms with E-state index >= 15 is 0 Å². The summed E-state index contributed by atoms with van der Waals surface area (Å²) < 4.78 is 40.0. The molecule has 0 bridgehead atoms. The second-order valence-electron chi connectivity index (χ2n) is 16.8. The van der Waals surface area contributed by atoms with Crippen molar-refractivity contribution in [3.05, 3.63) is 85.1 Å². The predicted octanol–water partition coefficient (Wildman–Crippen LogP) is 12.6. The number of unbranched alkanes of at least 4 members (excludes halogenated alkanes) is 10. The van der Waals surface area contributed by atoms with Gasteiger partial charge in [-0.25, -0.2) is 4.57 Å². The van der Waals surface area contributed by atoms with E-state index < -0.39 is 32.5 Å². The molecule has 0 aromatic heterocycles. The Balaban J connectivity index is 2.31. The third-order valence-corrected chi connectivity index (χ3v) is 10.8. The number of allylic oxidation sites excluding steroid dienone is 12. The van der Waals surface area contributed by atoms with Crippen molar-refractivity contribution in [1.29, 1.82) is 0 Å². The van der Waals surface area contributed by atoms with Gasteiger partial charge in [-0.3, -0.25) is 18.6 Å². The molecule has 0 amide bonds. The predicted molar refractivity (Wildman–Crippen MR) is 251 cm³/mol. The van der Waals surface area contributed by atoms with E-state index in [1.807, 2.05) is 33.3 Å². The standard InChI is InChI=1S/C50H84NO9P/c1-6-8-10-11-12-13-14-15-16-17-18-19-24-27-30-33-37-41-50(53)59-46(45-58-61(54,55)57-43-42-51(3,4)5)44-56-49(52)40-36-32-29-26-23-21-20-22-25-28-31-35-39-48-47(60-48)38-34-9-7-2/h9,12-13,15-16,21-23,25,29,31-32,34-35,46-48H,6-8,10-11,14,17-20,24,26-28,30,33,36-45H2,1-5H3/p+1/b13-12-,16-15-,23-21-,25-22-,32-29-,34-9-,35-31-/t46-,47?,48?/m1/s1. The first-order valence-electron chi connectivity index (χ1n) is 23.4. The van der Waals surface area contributed by atoms with Crippen LogP contribution in [0.15, 0.2) is 85.1 Å². The van der Waals surface area contributed by atoms with E-state index in [0.717, 1.165) is 70.6 Å². The molecule has 10 nitrogen and oxygen atoms in total. The zero-order chi connectivity index (χ0) is 44.7. The topological polar surface area (TPSA) is 121 Å². The minimum absolute atomic E-state index is 0.0124. The van der Waals surface area contributed by atoms with Crippen molar-refractivity contribution in [2.75, 3.05) is 47.5 Å². The van der Waals surface area contributed by atoms with Crippen molar-refractivity contribution in [1.82, 2.24) is 0 Å². The zero-order valence-corrected chi connectivity index (χ0v) is 39.7. The van der Waals surface area contributed by atoms with Crippen LogP contribution in [0.4, 0.5) is 0 Å². The van der Waals surface area contributed by atoms with Crippen LogP contribution in [-0.4, -0.2) is 87.1 Å². The Labute approximate surface area is 371 Å². The molecule has 4 atom stereocenters. The molecule has 1 aliphatic heterocycles. The smallest absolute Gasteiger partial charge is 0.462 e. The maximum atomic E-state index is 12.7. The summed E-state index contributed by atoms with van der Waals surface area (Å²) in [5.74, 6) is -0.917. The van der Waals surface area contributed by atoms with E-state index in [-0.39, 0.29) is 26.1 Å². The first-order chi connectivity index (χ1) is 29.5. The average molecular weight is 875 g/mol. The van der Waals surface area contributed by atoms with E-state index in [2.05, 4.69) is 86.8 Å². The largest absolute Gasteiger partial charge is 0.472 e. The van der Waals surface area contributed by atoms with Crippen LogP contribution in [0.2, 0.25) is 0 Å². The quantitative estimate of drug-likeness (QED) is 0.0160. The van der Waals surface area contributed by atoms with Crippen LogP contribution in [0.3, 0.4) is 0 Å². The average Bonchev–Trinajstić information content (AvgIpc) is 3.97. The number of phosphoric ester groups is 1. The summed E-state index contributed by atoms with van der Waals surface area (Å²) in [6.45, 7) is 4.16. The minimum atomic E-state index is -4.40. The summed E-state index contributed by atoms with van der Waals surface area (Å²) in [5.41, 5.74) is 0. The fourth-order valence-electron chi connectivity index (χ4n) is 6.05. The molecule has 3 unspecified atom stereocenters. The van der Waals surface area contributed by atoms with Crippen molar-refractivity contribution in [3.8, 4) is 0 Å². The molecule has 0 radical (unpaired) electrons. The number of nitrogens with zero attached hydrogens (tertiary/aromatic N) is 1. The van der Waals surface area contributed by atoms with Crippen molar-refractivity contribution < 1.29 is 46.8 Å². The molecular formula is C50H85NO9P+. The number of hydrogen-bond acceptors (Lipinski definition) is 8. The highest BCUT2D eigenvalue weighted by Crippen LogP contribution is 2.43. The highest BCUT2D eigenvalue weighted by Gasteiger charge is 2.36. The number of hydrogen-bond donors (Lipinski definition) is 1. The van der Waals surface area contributed by atoms with Crippen LogP contribution in [-0.2, 0) is 37.4 Å². The molecule has 0 aliphatic carbocycles. The second-order valence-corrected chi connectivity index (χ2v) is 18.2. The summed E-state index contributed by atoms with van der Waals surface area (Å²) in [6.07, 6.45) is 51.1. The molecule has 0 spiro atoms. The lowest BCUT2D eigenvalue weighted by Gasteiger charge is -2.24. The van der Waals surface area contributed by atoms with Gasteiger partial charge in [0.2, 0.25) is 0 Å². The molecule has 1 fully saturated rings. The van der Waals surface area contributed by atoms with E-state index in [4.69, 9.17) is 23.3 Å². The maximum Gasteiger partial charge on any atom is 0.472 e. The second kappa shape index (κ2) is 37.7. The molecule has 0 aromatic rings. The fraction of sp³-hybridized carbons (Fsp3) is 0.680. The highest BCUT2D eigenvalue weighted by atomic mass is 31.2. The number of rotatable bonds is 40. The number of carbonyl (C=O) groups excluding carboxylic acids is 2. The summed E-state index contributed by atoms with van der Waals surface area (Å²) >= 11 is 0. The van der Waals surface area contributed by atoms with Crippen LogP contribution < -0.4 is 0 Å². The molecule has 0 aromatic carbocycles. The molecule has 1 N–H and O–H groups in total. The van der Waals surface area contributed by atoms with Gasteiger partial charge in [0.1, 0.15) is 19.8 Å². The number of phosphoric acid groups is 1. The van der Waals surface area contributed by atoms with Gasteiger partial charge in [0.15, 0.2) is 6.10 Å². The van der Waals surface area contributed by atoms with Gasteiger partial charge in [0, 0.05) is 12.8 Å². The van der Waals surface area contributed by atoms with Gasteiger partial charge in [-0.05, 0) is 83.5 Å². The minimum Gasteiger partial charge on any atom is -0.462 e. The SMILES string of the molecule is CC/C=C\CC1OC1C/C=C\C/C=C\C/C=C\C/C=C\CCC(=O)OC[C@H](COP(=O)(O)OCC[N+](C)(C)C)OC(=O)CCCCCCCCC/C=C\C/C=C\CCCCC. The Kier molecular flexibility index (Phi) is 34.7. The van der Waals surface area contributed by atoms with Crippen LogP contribution in [0.1, 0.15) is 155 Å². The number of ether oxygens (including phenoxy) is 3. The molecule has 348 valence electrons. The number of quaternary nitrogens is 1. The molecule has 1 heterocycles. The summed E-state index contributed by atoms with van der Waals surface area (Å²) in [6, 6.07) is 0. The number of esters is 2. The molecule has 0 saturated carbocycles. The van der Waals surface area contributed by atoms with Gasteiger partial charge in [0.05, 0.1) is 40.0 Å². The van der Waals surface area contributed by atoms with Crippen molar-refractivity contribution >= 4 is 19.8 Å². The first kappa shape index (κ1) is 56.2. The van der Waals surface area contributed by atoms with Gasteiger partial charge >= 0.3 is 19.8 Å². The normalized spacial score (nSPS) is 17.6. The van der Waals surface area contributed by atoms with Crippen molar-refractivity contribution in [2.24, 2.45) is 0 Å².